The van der Waals surface area contributed by atoms with Gasteiger partial charge in [-0.3, -0.25) is 0 Å². The van der Waals surface area contributed by atoms with Crippen molar-refractivity contribution >= 4 is 32.9 Å². The number of halogens is 2. The molecule has 5 heteroatoms. The zero-order valence-corrected chi connectivity index (χ0v) is 10.7. The topological polar surface area (TPSA) is 50.4 Å². The van der Waals surface area contributed by atoms with E-state index in [1.807, 2.05) is 6.92 Å². The van der Waals surface area contributed by atoms with Gasteiger partial charge in [-0.2, -0.15) is 0 Å². The SMILES string of the molecule is CCCc1c(C(=O)O)oc2cc(F)c(Br)cc12. The Morgan fingerprint density at radius 2 is 2.24 bits per heavy atom. The highest BCUT2D eigenvalue weighted by Crippen LogP contribution is 2.31. The molecule has 0 unspecified atom stereocenters. The predicted octanol–water partition coefficient (Wildman–Crippen LogP) is 3.99. The molecule has 1 aromatic carbocycles. The van der Waals surface area contributed by atoms with Crippen LogP contribution < -0.4 is 0 Å². The molecule has 0 aliphatic rings. The third-order valence-corrected chi connectivity index (χ3v) is 3.14. The number of carboxylic acids is 1. The molecule has 1 aromatic heterocycles. The number of fused-ring (bicyclic) bond motifs is 1. The van der Waals surface area contributed by atoms with Gasteiger partial charge in [-0.25, -0.2) is 9.18 Å². The fourth-order valence-corrected chi connectivity index (χ4v) is 2.16. The van der Waals surface area contributed by atoms with Crippen LogP contribution in [-0.4, -0.2) is 11.1 Å². The highest BCUT2D eigenvalue weighted by molar-refractivity contribution is 9.10. The van der Waals surface area contributed by atoms with E-state index in [4.69, 9.17) is 9.52 Å². The maximum Gasteiger partial charge on any atom is 0.372 e. The van der Waals surface area contributed by atoms with Crippen LogP contribution in [0.2, 0.25) is 0 Å². The summed E-state index contributed by atoms with van der Waals surface area (Å²) >= 11 is 3.08. The Hall–Kier alpha value is -1.36. The fraction of sp³-hybridized carbons (Fsp3) is 0.250. The second-order valence-corrected chi connectivity index (χ2v) is 4.58. The van der Waals surface area contributed by atoms with Crippen molar-refractivity contribution in [2.75, 3.05) is 0 Å². The van der Waals surface area contributed by atoms with E-state index in [1.54, 1.807) is 6.07 Å². The van der Waals surface area contributed by atoms with Gasteiger partial charge in [0.25, 0.3) is 0 Å². The fourth-order valence-electron chi connectivity index (χ4n) is 1.81. The molecule has 0 saturated heterocycles. The van der Waals surface area contributed by atoms with Gasteiger partial charge in [-0.1, -0.05) is 13.3 Å². The van der Waals surface area contributed by atoms with Crippen LogP contribution in [0.25, 0.3) is 11.0 Å². The van der Waals surface area contributed by atoms with Crippen LogP contribution >= 0.6 is 15.9 Å². The summed E-state index contributed by atoms with van der Waals surface area (Å²) in [5, 5.41) is 9.68. The average Bonchev–Trinajstić information content (AvgIpc) is 2.59. The summed E-state index contributed by atoms with van der Waals surface area (Å²) in [6, 6.07) is 2.76. The summed E-state index contributed by atoms with van der Waals surface area (Å²) in [7, 11) is 0. The lowest BCUT2D eigenvalue weighted by atomic mass is 10.1. The van der Waals surface area contributed by atoms with Gasteiger partial charge >= 0.3 is 5.97 Å². The minimum absolute atomic E-state index is 0.0978. The number of rotatable bonds is 3. The number of hydrogen-bond acceptors (Lipinski definition) is 2. The highest BCUT2D eigenvalue weighted by atomic mass is 79.9. The van der Waals surface area contributed by atoms with Crippen LogP contribution in [-0.2, 0) is 6.42 Å². The second kappa shape index (κ2) is 4.49. The van der Waals surface area contributed by atoms with Crippen molar-refractivity contribution in [3.8, 4) is 0 Å². The molecule has 0 atom stereocenters. The molecule has 0 spiro atoms. The van der Waals surface area contributed by atoms with E-state index in [0.29, 0.717) is 21.8 Å². The van der Waals surface area contributed by atoms with Crippen LogP contribution in [0.15, 0.2) is 21.0 Å². The van der Waals surface area contributed by atoms with Crippen LogP contribution in [0, 0.1) is 5.82 Å². The number of hydrogen-bond donors (Lipinski definition) is 1. The summed E-state index contributed by atoms with van der Waals surface area (Å²) in [4.78, 5) is 11.0. The van der Waals surface area contributed by atoms with Gasteiger partial charge in [0.15, 0.2) is 0 Å². The second-order valence-electron chi connectivity index (χ2n) is 3.73. The molecule has 0 amide bonds. The van der Waals surface area contributed by atoms with E-state index >= 15 is 0 Å². The van der Waals surface area contributed by atoms with Crippen LogP contribution in [0.3, 0.4) is 0 Å². The van der Waals surface area contributed by atoms with Gasteiger partial charge in [-0.15, -0.1) is 0 Å². The number of carboxylic acid groups (broad SMARTS) is 1. The van der Waals surface area contributed by atoms with Crippen molar-refractivity contribution in [1.82, 2.24) is 0 Å². The molecule has 0 aliphatic carbocycles. The standard InChI is InChI=1S/C12H10BrFO3/c1-2-3-6-7-4-8(13)9(14)5-10(7)17-11(6)12(15)16/h4-5H,2-3H2,1H3,(H,15,16). The lowest BCUT2D eigenvalue weighted by Crippen LogP contribution is -1.98. The van der Waals surface area contributed by atoms with Crippen LogP contribution in [0.1, 0.15) is 29.5 Å². The molecule has 0 aliphatic heterocycles. The number of aromatic carboxylic acids is 1. The van der Waals surface area contributed by atoms with Crippen molar-refractivity contribution in [3.05, 3.63) is 33.7 Å². The Morgan fingerprint density at radius 3 is 2.82 bits per heavy atom. The number of benzene rings is 1. The molecular formula is C12H10BrFO3. The smallest absolute Gasteiger partial charge is 0.372 e. The van der Waals surface area contributed by atoms with E-state index in [-0.39, 0.29) is 11.3 Å². The van der Waals surface area contributed by atoms with Crippen molar-refractivity contribution in [2.45, 2.75) is 19.8 Å². The normalized spacial score (nSPS) is 11.0. The van der Waals surface area contributed by atoms with Gasteiger partial charge in [-0.05, 0) is 28.4 Å². The molecular weight excluding hydrogens is 291 g/mol. The molecule has 17 heavy (non-hydrogen) atoms. The summed E-state index contributed by atoms with van der Waals surface area (Å²) < 4.78 is 18.8. The van der Waals surface area contributed by atoms with Crippen LogP contribution in [0.4, 0.5) is 4.39 Å². The van der Waals surface area contributed by atoms with Crippen molar-refractivity contribution < 1.29 is 18.7 Å². The predicted molar refractivity (Wildman–Crippen MR) is 64.8 cm³/mol. The first-order chi connectivity index (χ1) is 8.04. The van der Waals surface area contributed by atoms with E-state index < -0.39 is 11.8 Å². The summed E-state index contributed by atoms with van der Waals surface area (Å²) in [5.41, 5.74) is 0.891. The molecule has 0 radical (unpaired) electrons. The molecule has 0 saturated carbocycles. The zero-order valence-electron chi connectivity index (χ0n) is 9.09. The van der Waals surface area contributed by atoms with Crippen molar-refractivity contribution in [1.29, 1.82) is 0 Å². The molecule has 0 fully saturated rings. The average molecular weight is 301 g/mol. The minimum Gasteiger partial charge on any atom is -0.475 e. The monoisotopic (exact) mass is 300 g/mol. The van der Waals surface area contributed by atoms with Crippen molar-refractivity contribution in [3.63, 3.8) is 0 Å². The number of furan rings is 1. The lowest BCUT2D eigenvalue weighted by molar-refractivity contribution is 0.0663. The van der Waals surface area contributed by atoms with Crippen LogP contribution in [0.5, 0.6) is 0 Å². The zero-order chi connectivity index (χ0) is 12.6. The van der Waals surface area contributed by atoms with Gasteiger partial charge in [0.1, 0.15) is 11.4 Å². The molecule has 0 bridgehead atoms. The maximum absolute atomic E-state index is 13.3. The van der Waals surface area contributed by atoms with E-state index in [1.165, 1.54) is 6.07 Å². The minimum atomic E-state index is -1.12. The Balaban J connectivity index is 2.75. The first kappa shape index (κ1) is 12.1. The molecule has 90 valence electrons. The summed E-state index contributed by atoms with van der Waals surface area (Å²) in [6.45, 7) is 1.95. The third kappa shape index (κ3) is 2.07. The Labute approximate surface area is 105 Å². The Kier molecular flexibility index (Phi) is 3.19. The number of carbonyl (C=O) groups is 1. The Bertz CT molecular complexity index is 589. The lowest BCUT2D eigenvalue weighted by Gasteiger charge is -1.97. The maximum atomic E-state index is 13.3. The van der Waals surface area contributed by atoms with Gasteiger partial charge < -0.3 is 9.52 Å². The quantitative estimate of drug-likeness (QED) is 0.932. The molecule has 3 nitrogen and oxygen atoms in total. The van der Waals surface area contributed by atoms with E-state index in [0.717, 1.165) is 6.42 Å². The van der Waals surface area contributed by atoms with Gasteiger partial charge in [0.2, 0.25) is 5.76 Å². The highest BCUT2D eigenvalue weighted by Gasteiger charge is 2.20. The largest absolute Gasteiger partial charge is 0.475 e. The van der Waals surface area contributed by atoms with Gasteiger partial charge in [0, 0.05) is 17.0 Å². The van der Waals surface area contributed by atoms with Gasteiger partial charge in [0.05, 0.1) is 4.47 Å². The number of aryl methyl sites for hydroxylation is 1. The summed E-state index contributed by atoms with van der Waals surface area (Å²) in [5.74, 6) is -1.69. The van der Waals surface area contributed by atoms with E-state index in [9.17, 15) is 9.18 Å². The first-order valence-corrected chi connectivity index (χ1v) is 5.97. The molecule has 2 rings (SSSR count). The molecule has 1 N–H and O–H groups in total. The Morgan fingerprint density at radius 1 is 1.53 bits per heavy atom. The summed E-state index contributed by atoms with van der Waals surface area (Å²) in [6.07, 6.45) is 1.39. The third-order valence-electron chi connectivity index (χ3n) is 2.53. The molecule has 1 heterocycles. The van der Waals surface area contributed by atoms with E-state index in [2.05, 4.69) is 15.9 Å². The first-order valence-electron chi connectivity index (χ1n) is 5.18. The molecule has 2 aromatic rings. The van der Waals surface area contributed by atoms with Crippen molar-refractivity contribution in [2.24, 2.45) is 0 Å².